The lowest BCUT2D eigenvalue weighted by Crippen LogP contribution is -2.14. The summed E-state index contributed by atoms with van der Waals surface area (Å²) in [4.78, 5) is 7.83. The summed E-state index contributed by atoms with van der Waals surface area (Å²) >= 11 is 0. The van der Waals surface area contributed by atoms with Gasteiger partial charge in [0.2, 0.25) is 0 Å². The first kappa shape index (κ1) is 14.4. The number of aliphatic imine (C=N–C) groups is 1. The maximum atomic E-state index is 14.1. The Bertz CT molecular complexity index is 814. The van der Waals surface area contributed by atoms with Gasteiger partial charge in [-0.15, -0.1) is 0 Å². The molecule has 114 valence electrons. The maximum Gasteiger partial charge on any atom is 0.164 e. The smallest absolute Gasteiger partial charge is 0.164 e. The fraction of sp³-hybridized carbons (Fsp3) is 0.267. The topological polar surface area (TPSA) is 80.0 Å². The number of halogens is 2. The molecule has 22 heavy (non-hydrogen) atoms. The largest absolute Gasteiger partial charge is 0.381 e. The Hall–Kier alpha value is -2.57. The van der Waals surface area contributed by atoms with Gasteiger partial charge in [0.15, 0.2) is 17.3 Å². The Morgan fingerprint density at radius 2 is 2.23 bits per heavy atom. The van der Waals surface area contributed by atoms with Crippen LogP contribution in [0.5, 0.6) is 0 Å². The highest BCUT2D eigenvalue weighted by atomic mass is 19.1. The molecule has 1 fully saturated rings. The van der Waals surface area contributed by atoms with Crippen LogP contribution in [0.3, 0.4) is 0 Å². The van der Waals surface area contributed by atoms with Crippen molar-refractivity contribution in [1.29, 1.82) is 0 Å². The number of aromatic amines is 1. The number of nitrogens with two attached hydrogens (primary N) is 1. The van der Waals surface area contributed by atoms with Gasteiger partial charge < -0.3 is 5.73 Å². The lowest BCUT2D eigenvalue weighted by atomic mass is 10.1. The van der Waals surface area contributed by atoms with Crippen LogP contribution in [0.4, 0.5) is 8.78 Å². The number of nitrogens with one attached hydrogen (secondary N) is 1. The van der Waals surface area contributed by atoms with Crippen molar-refractivity contribution in [3.8, 4) is 0 Å². The van der Waals surface area contributed by atoms with E-state index in [0.717, 1.165) is 19.0 Å². The molecule has 0 saturated heterocycles. The van der Waals surface area contributed by atoms with Crippen LogP contribution in [0.1, 0.15) is 25.5 Å². The summed E-state index contributed by atoms with van der Waals surface area (Å²) < 4.78 is 27.4. The maximum absolute atomic E-state index is 14.1. The number of pyridine rings is 1. The number of aromatic nitrogens is 3. The molecule has 1 aliphatic rings. The fourth-order valence-electron chi connectivity index (χ4n) is 2.24. The molecule has 0 aliphatic heterocycles. The van der Waals surface area contributed by atoms with Crippen molar-refractivity contribution >= 4 is 22.6 Å². The summed E-state index contributed by atoms with van der Waals surface area (Å²) in [6.45, 7) is 5.44. The molecule has 0 radical (unpaired) electrons. The summed E-state index contributed by atoms with van der Waals surface area (Å²) in [5.41, 5.74) is 7.14. The van der Waals surface area contributed by atoms with Crippen molar-refractivity contribution in [3.63, 3.8) is 0 Å². The Morgan fingerprint density at radius 1 is 1.50 bits per heavy atom. The van der Waals surface area contributed by atoms with Gasteiger partial charge in [-0.3, -0.25) is 5.10 Å². The van der Waals surface area contributed by atoms with E-state index < -0.39 is 11.6 Å². The molecular weight excluding hydrogens is 288 g/mol. The molecule has 0 unspecified atom stereocenters. The van der Waals surface area contributed by atoms with Gasteiger partial charge in [0.25, 0.3) is 0 Å². The number of H-pyrrole nitrogens is 1. The molecule has 0 bridgehead atoms. The van der Waals surface area contributed by atoms with Gasteiger partial charge in [0.05, 0.1) is 17.3 Å². The van der Waals surface area contributed by atoms with E-state index in [-0.39, 0.29) is 17.5 Å². The first-order chi connectivity index (χ1) is 10.5. The van der Waals surface area contributed by atoms with Gasteiger partial charge >= 0.3 is 0 Å². The minimum Gasteiger partial charge on any atom is -0.381 e. The van der Waals surface area contributed by atoms with Crippen LogP contribution in [-0.4, -0.2) is 21.0 Å². The van der Waals surface area contributed by atoms with Gasteiger partial charge in [-0.25, -0.2) is 18.8 Å². The van der Waals surface area contributed by atoms with Crippen molar-refractivity contribution in [2.24, 2.45) is 16.6 Å². The van der Waals surface area contributed by atoms with Crippen molar-refractivity contribution in [2.75, 3.05) is 0 Å². The number of nitrogens with zero attached hydrogens (tertiary/aromatic N) is 3. The minimum absolute atomic E-state index is 0.148. The molecule has 2 aromatic rings. The Labute approximate surface area is 125 Å². The van der Waals surface area contributed by atoms with Gasteiger partial charge in [0, 0.05) is 0 Å². The summed E-state index contributed by atoms with van der Waals surface area (Å²) in [6, 6.07) is 1.26. The molecule has 5 nitrogen and oxygen atoms in total. The molecule has 1 saturated carbocycles. The number of hydrogen-bond donors (Lipinski definition) is 2. The van der Waals surface area contributed by atoms with Gasteiger partial charge in [-0.05, 0) is 37.3 Å². The van der Waals surface area contributed by atoms with Gasteiger partial charge in [-0.1, -0.05) is 6.58 Å². The number of fused-ring (bicyclic) bond motifs is 1. The van der Waals surface area contributed by atoms with E-state index in [1.165, 1.54) is 6.07 Å². The third kappa shape index (κ3) is 2.61. The van der Waals surface area contributed by atoms with E-state index >= 15 is 0 Å². The summed E-state index contributed by atoms with van der Waals surface area (Å²) in [6.07, 6.45) is 3.02. The third-order valence-electron chi connectivity index (χ3n) is 3.67. The molecule has 0 amide bonds. The molecular formula is C15H15F2N5. The van der Waals surface area contributed by atoms with Crippen molar-refractivity contribution in [2.45, 2.75) is 19.8 Å². The molecule has 1 aliphatic carbocycles. The number of allylic oxidation sites excluding steroid dienone is 1. The first-order valence-corrected chi connectivity index (χ1v) is 6.87. The van der Waals surface area contributed by atoms with E-state index in [4.69, 9.17) is 5.73 Å². The predicted octanol–water partition coefficient (Wildman–Crippen LogP) is 3.08. The molecule has 3 N–H and O–H groups in total. The highest BCUT2D eigenvalue weighted by Gasteiger charge is 2.27. The van der Waals surface area contributed by atoms with Crippen LogP contribution < -0.4 is 5.73 Å². The quantitative estimate of drug-likeness (QED) is 0.673. The molecule has 2 aromatic heterocycles. The second-order valence-electron chi connectivity index (χ2n) is 5.34. The highest BCUT2D eigenvalue weighted by Crippen LogP contribution is 2.38. The Morgan fingerprint density at radius 3 is 2.91 bits per heavy atom. The Kier molecular flexibility index (Phi) is 3.48. The average Bonchev–Trinajstić information content (AvgIpc) is 3.25. The molecule has 0 atom stereocenters. The SMILES string of the molecule is C=C(/N=C(N)\C(F)=C(/C)C1CC1)c1n[nH]c2ncc(F)cc12. The first-order valence-electron chi connectivity index (χ1n) is 6.87. The van der Waals surface area contributed by atoms with E-state index in [9.17, 15) is 8.78 Å². The summed E-state index contributed by atoms with van der Waals surface area (Å²) in [7, 11) is 0. The van der Waals surface area contributed by atoms with E-state index in [0.29, 0.717) is 22.3 Å². The van der Waals surface area contributed by atoms with Gasteiger partial charge in [-0.2, -0.15) is 5.10 Å². The standard InChI is InChI=1S/C15H15F2N5/c1-7(9-3-4-9)12(17)14(18)20-8(2)13-11-5-10(16)6-19-15(11)22-21-13/h5-6,9H,2-4H2,1H3,(H2,18,20)(H,19,21,22)/b12-7-. The minimum atomic E-state index is -0.521. The molecule has 7 heteroatoms. The summed E-state index contributed by atoms with van der Waals surface area (Å²) in [5, 5.41) is 7.05. The zero-order chi connectivity index (χ0) is 15.9. The predicted molar refractivity (Wildman–Crippen MR) is 81.0 cm³/mol. The Balaban J connectivity index is 1.94. The molecule has 3 rings (SSSR count). The molecule has 0 aromatic carbocycles. The van der Waals surface area contributed by atoms with Crippen LogP contribution in [0, 0.1) is 11.7 Å². The molecule has 2 heterocycles. The monoisotopic (exact) mass is 303 g/mol. The fourth-order valence-corrected chi connectivity index (χ4v) is 2.24. The normalized spacial score (nSPS) is 16.8. The van der Waals surface area contributed by atoms with Gasteiger partial charge in [0.1, 0.15) is 11.5 Å². The number of amidine groups is 1. The zero-order valence-corrected chi connectivity index (χ0v) is 12.0. The molecule has 0 spiro atoms. The number of rotatable bonds is 4. The zero-order valence-electron chi connectivity index (χ0n) is 12.0. The van der Waals surface area contributed by atoms with Crippen LogP contribution in [0.2, 0.25) is 0 Å². The lowest BCUT2D eigenvalue weighted by molar-refractivity contribution is 0.624. The van der Waals surface area contributed by atoms with E-state index in [1.807, 2.05) is 0 Å². The van der Waals surface area contributed by atoms with Crippen molar-refractivity contribution in [1.82, 2.24) is 15.2 Å². The second kappa shape index (κ2) is 5.32. The van der Waals surface area contributed by atoms with Crippen molar-refractivity contribution < 1.29 is 8.78 Å². The number of hydrogen-bond acceptors (Lipinski definition) is 3. The van der Waals surface area contributed by atoms with Crippen LogP contribution >= 0.6 is 0 Å². The lowest BCUT2D eigenvalue weighted by Gasteiger charge is -2.03. The highest BCUT2D eigenvalue weighted by molar-refractivity contribution is 6.00. The second-order valence-corrected chi connectivity index (χ2v) is 5.34. The van der Waals surface area contributed by atoms with E-state index in [1.54, 1.807) is 6.92 Å². The van der Waals surface area contributed by atoms with E-state index in [2.05, 4.69) is 26.8 Å². The third-order valence-corrected chi connectivity index (χ3v) is 3.67. The van der Waals surface area contributed by atoms with Crippen molar-refractivity contribution in [3.05, 3.63) is 41.8 Å². The van der Waals surface area contributed by atoms with Crippen LogP contribution in [-0.2, 0) is 0 Å². The summed E-state index contributed by atoms with van der Waals surface area (Å²) in [5.74, 6) is -1.01. The average molecular weight is 303 g/mol. The van der Waals surface area contributed by atoms with Crippen LogP contribution in [0.15, 0.2) is 35.2 Å². The van der Waals surface area contributed by atoms with Crippen LogP contribution in [0.25, 0.3) is 16.7 Å².